The molecule has 0 heterocycles. The van der Waals surface area contributed by atoms with Gasteiger partial charge in [0.15, 0.2) is 11.5 Å². The number of nitrogens with zero attached hydrogens (tertiary/aromatic N) is 2. The third-order valence-corrected chi connectivity index (χ3v) is 6.23. The number of halogens is 3. The van der Waals surface area contributed by atoms with E-state index in [0.29, 0.717) is 29.9 Å². The van der Waals surface area contributed by atoms with E-state index in [1.165, 1.54) is 6.07 Å². The van der Waals surface area contributed by atoms with Crippen LogP contribution in [0.15, 0.2) is 42.5 Å². The summed E-state index contributed by atoms with van der Waals surface area (Å²) in [4.78, 5) is 2.17. The van der Waals surface area contributed by atoms with Crippen molar-refractivity contribution in [3.8, 4) is 17.6 Å². The molecule has 180 valence electrons. The first-order chi connectivity index (χ1) is 15.6. The second kappa shape index (κ2) is 11.4. The van der Waals surface area contributed by atoms with Gasteiger partial charge in [-0.25, -0.2) is 0 Å². The summed E-state index contributed by atoms with van der Waals surface area (Å²) >= 11 is 0. The van der Waals surface area contributed by atoms with E-state index < -0.39 is 17.2 Å². The molecule has 0 aliphatic carbocycles. The first-order valence-electron chi connectivity index (χ1n) is 11.1. The van der Waals surface area contributed by atoms with Crippen molar-refractivity contribution in [2.45, 2.75) is 44.7 Å². The molecule has 2 aromatic rings. The predicted molar refractivity (Wildman–Crippen MR) is 124 cm³/mol. The van der Waals surface area contributed by atoms with Gasteiger partial charge in [0.25, 0.3) is 0 Å². The number of alkyl halides is 3. The summed E-state index contributed by atoms with van der Waals surface area (Å²) in [6, 6.07) is 13.4. The van der Waals surface area contributed by atoms with E-state index in [-0.39, 0.29) is 5.92 Å². The lowest BCUT2D eigenvalue weighted by Gasteiger charge is -2.32. The quantitative estimate of drug-likeness (QED) is 0.405. The minimum Gasteiger partial charge on any atom is -0.493 e. The molecule has 33 heavy (non-hydrogen) atoms. The number of rotatable bonds is 11. The number of likely N-dealkylation sites (N-methyl/N-ethyl adjacent to an activating group) is 1. The molecule has 0 aliphatic heterocycles. The van der Waals surface area contributed by atoms with Gasteiger partial charge in [0.2, 0.25) is 0 Å². The minimum atomic E-state index is -4.43. The molecule has 0 fully saturated rings. The van der Waals surface area contributed by atoms with Gasteiger partial charge in [-0.15, -0.1) is 0 Å². The topological polar surface area (TPSA) is 45.5 Å². The van der Waals surface area contributed by atoms with Crippen molar-refractivity contribution >= 4 is 0 Å². The summed E-state index contributed by atoms with van der Waals surface area (Å²) in [5.41, 5.74) is -0.127. The Kier molecular flexibility index (Phi) is 9.18. The third-order valence-electron chi connectivity index (χ3n) is 6.23. The monoisotopic (exact) mass is 462 g/mol. The van der Waals surface area contributed by atoms with Crippen LogP contribution in [0.2, 0.25) is 0 Å². The Morgan fingerprint density at radius 2 is 1.64 bits per heavy atom. The Bertz CT molecular complexity index is 953. The zero-order valence-corrected chi connectivity index (χ0v) is 20.0. The van der Waals surface area contributed by atoms with Gasteiger partial charge in [0.1, 0.15) is 0 Å². The van der Waals surface area contributed by atoms with Crippen LogP contribution < -0.4 is 9.47 Å². The summed E-state index contributed by atoms with van der Waals surface area (Å²) in [6.45, 7) is 5.33. The molecule has 0 aromatic heterocycles. The van der Waals surface area contributed by atoms with Crippen molar-refractivity contribution in [2.75, 3.05) is 34.4 Å². The van der Waals surface area contributed by atoms with Crippen LogP contribution in [0.25, 0.3) is 0 Å². The van der Waals surface area contributed by atoms with Crippen molar-refractivity contribution in [3.63, 3.8) is 0 Å². The molecule has 0 spiro atoms. The lowest BCUT2D eigenvalue weighted by molar-refractivity contribution is -0.137. The van der Waals surface area contributed by atoms with Crippen LogP contribution in [0.3, 0.4) is 0 Å². The fourth-order valence-electron chi connectivity index (χ4n) is 4.08. The molecule has 2 aromatic carbocycles. The standard InChI is InChI=1S/C26H33F3N2O2/c1-19(2)25(18-30,21-8-6-9-22(17-21)26(27,28)29)13-7-14-31(3)15-12-20-10-11-23(32-4)24(16-20)33-5/h6,8-11,16-17,19H,7,12-15H2,1-5H3. The van der Waals surface area contributed by atoms with Gasteiger partial charge in [0, 0.05) is 6.54 Å². The molecule has 1 atom stereocenters. The summed E-state index contributed by atoms with van der Waals surface area (Å²) in [5, 5.41) is 10.0. The van der Waals surface area contributed by atoms with Crippen LogP contribution in [0.5, 0.6) is 11.5 Å². The molecule has 0 aliphatic rings. The average Bonchev–Trinajstić information content (AvgIpc) is 2.79. The molecule has 0 saturated heterocycles. The maximum Gasteiger partial charge on any atom is 0.416 e. The molecule has 1 unspecified atom stereocenters. The maximum absolute atomic E-state index is 13.2. The van der Waals surface area contributed by atoms with Gasteiger partial charge >= 0.3 is 6.18 Å². The van der Waals surface area contributed by atoms with Crippen molar-refractivity contribution in [3.05, 3.63) is 59.2 Å². The molecule has 0 bridgehead atoms. The Hall–Kier alpha value is -2.72. The van der Waals surface area contributed by atoms with Crippen molar-refractivity contribution in [2.24, 2.45) is 5.92 Å². The van der Waals surface area contributed by atoms with Crippen LogP contribution in [0.4, 0.5) is 13.2 Å². The van der Waals surface area contributed by atoms with E-state index in [1.54, 1.807) is 20.3 Å². The van der Waals surface area contributed by atoms with Crippen LogP contribution in [0, 0.1) is 17.2 Å². The summed E-state index contributed by atoms with van der Waals surface area (Å²) in [6.07, 6.45) is -2.43. The fourth-order valence-corrected chi connectivity index (χ4v) is 4.08. The van der Waals surface area contributed by atoms with Crippen LogP contribution in [-0.2, 0) is 18.0 Å². The molecule has 7 heteroatoms. The van der Waals surface area contributed by atoms with E-state index in [4.69, 9.17) is 9.47 Å². The maximum atomic E-state index is 13.2. The minimum absolute atomic E-state index is 0.122. The van der Waals surface area contributed by atoms with Crippen molar-refractivity contribution in [1.29, 1.82) is 5.26 Å². The van der Waals surface area contributed by atoms with E-state index in [9.17, 15) is 18.4 Å². The number of ether oxygens (including phenoxy) is 2. The highest BCUT2D eigenvalue weighted by Crippen LogP contribution is 2.39. The van der Waals surface area contributed by atoms with Gasteiger partial charge in [-0.2, -0.15) is 18.4 Å². The summed E-state index contributed by atoms with van der Waals surface area (Å²) in [5.74, 6) is 1.25. The lowest BCUT2D eigenvalue weighted by Crippen LogP contribution is -2.33. The SMILES string of the molecule is COc1ccc(CCN(C)CCCC(C#N)(c2cccc(C(F)(F)F)c2)C(C)C)cc1OC. The van der Waals surface area contributed by atoms with E-state index >= 15 is 0 Å². The van der Waals surface area contributed by atoms with Gasteiger partial charge in [-0.3, -0.25) is 0 Å². The molecule has 0 N–H and O–H groups in total. The first-order valence-corrected chi connectivity index (χ1v) is 11.1. The number of hydrogen-bond acceptors (Lipinski definition) is 4. The summed E-state index contributed by atoms with van der Waals surface area (Å²) < 4.78 is 50.3. The number of hydrogen-bond donors (Lipinski definition) is 0. The van der Waals surface area contributed by atoms with Crippen LogP contribution in [-0.4, -0.2) is 39.3 Å². The number of methoxy groups -OCH3 is 2. The van der Waals surface area contributed by atoms with Gasteiger partial charge < -0.3 is 14.4 Å². The van der Waals surface area contributed by atoms with Crippen molar-refractivity contribution in [1.82, 2.24) is 4.90 Å². The highest BCUT2D eigenvalue weighted by atomic mass is 19.4. The molecule has 4 nitrogen and oxygen atoms in total. The Morgan fingerprint density at radius 3 is 2.21 bits per heavy atom. The van der Waals surface area contributed by atoms with Crippen molar-refractivity contribution < 1.29 is 22.6 Å². The van der Waals surface area contributed by atoms with Crippen LogP contribution in [0.1, 0.15) is 43.4 Å². The van der Waals surface area contributed by atoms with E-state index in [0.717, 1.165) is 37.2 Å². The van der Waals surface area contributed by atoms with Gasteiger partial charge in [-0.05, 0) is 68.1 Å². The van der Waals surface area contributed by atoms with E-state index in [1.807, 2.05) is 39.1 Å². The largest absolute Gasteiger partial charge is 0.493 e. The molecule has 0 amide bonds. The fraction of sp³-hybridized carbons (Fsp3) is 0.500. The predicted octanol–water partition coefficient (Wildman–Crippen LogP) is 6.09. The Morgan fingerprint density at radius 1 is 0.970 bits per heavy atom. The zero-order chi connectivity index (χ0) is 24.6. The molecule has 0 radical (unpaired) electrons. The molecular weight excluding hydrogens is 429 g/mol. The van der Waals surface area contributed by atoms with Gasteiger partial charge in [-0.1, -0.05) is 38.1 Å². The Labute approximate surface area is 194 Å². The Balaban J connectivity index is 2.03. The second-order valence-electron chi connectivity index (χ2n) is 8.66. The zero-order valence-electron chi connectivity index (χ0n) is 20.0. The average molecular weight is 463 g/mol. The summed E-state index contributed by atoms with van der Waals surface area (Å²) in [7, 11) is 5.21. The highest BCUT2D eigenvalue weighted by molar-refractivity contribution is 5.43. The van der Waals surface area contributed by atoms with E-state index in [2.05, 4.69) is 11.0 Å². The lowest BCUT2D eigenvalue weighted by atomic mass is 9.69. The first kappa shape index (κ1) is 26.5. The van der Waals surface area contributed by atoms with Gasteiger partial charge in [0.05, 0.1) is 31.3 Å². The second-order valence-corrected chi connectivity index (χ2v) is 8.66. The smallest absolute Gasteiger partial charge is 0.416 e. The highest BCUT2D eigenvalue weighted by Gasteiger charge is 2.38. The normalized spacial score (nSPS) is 13.6. The third kappa shape index (κ3) is 6.64. The molecular formula is C26H33F3N2O2. The van der Waals surface area contributed by atoms with Crippen LogP contribution >= 0.6 is 0 Å². The molecule has 2 rings (SSSR count). The number of benzene rings is 2. The number of nitriles is 1. The molecule has 0 saturated carbocycles.